The zero-order valence-electron chi connectivity index (χ0n) is 13.5. The van der Waals surface area contributed by atoms with E-state index >= 15 is 0 Å². The van der Waals surface area contributed by atoms with Gasteiger partial charge in [-0.3, -0.25) is 14.3 Å². The molecule has 16 nitrogen and oxygen atoms in total. The predicted octanol–water partition coefficient (Wildman–Crippen LogP) is -1.40. The van der Waals surface area contributed by atoms with Crippen LogP contribution in [0.5, 0.6) is 0 Å². The molecule has 5 atom stereocenters. The number of aromatic amines is 2. The summed E-state index contributed by atoms with van der Waals surface area (Å²) in [5.41, 5.74) is -1.59. The highest BCUT2D eigenvalue weighted by molar-refractivity contribution is 7.66. The van der Waals surface area contributed by atoms with E-state index in [4.69, 9.17) is 19.4 Å². The van der Waals surface area contributed by atoms with Gasteiger partial charge in [-0.05, 0) is 0 Å². The van der Waals surface area contributed by atoms with Crippen molar-refractivity contribution < 1.29 is 56.3 Å². The maximum Gasteiger partial charge on any atom is 0.490 e. The second kappa shape index (κ2) is 8.40. The van der Waals surface area contributed by atoms with Gasteiger partial charge in [0.25, 0.3) is 5.56 Å². The lowest BCUT2D eigenvalue weighted by molar-refractivity contribution is -0.0224. The number of ether oxygens (including phenoxy) is 1. The lowest BCUT2D eigenvalue weighted by Gasteiger charge is -2.19. The predicted molar refractivity (Wildman–Crippen MR) is 85.7 cm³/mol. The molecule has 0 aliphatic carbocycles. The van der Waals surface area contributed by atoms with Crippen LogP contribution in [0.3, 0.4) is 0 Å². The van der Waals surface area contributed by atoms with E-state index in [1.165, 1.54) is 0 Å². The van der Waals surface area contributed by atoms with Crippen LogP contribution in [-0.4, -0.2) is 53.5 Å². The van der Waals surface area contributed by atoms with Crippen LogP contribution in [-0.2, 0) is 31.6 Å². The van der Waals surface area contributed by atoms with Gasteiger partial charge >= 0.3 is 29.2 Å². The number of H-pyrrole nitrogens is 2. The molecule has 1 aliphatic rings. The third-order valence-electron chi connectivity index (χ3n) is 3.24. The van der Waals surface area contributed by atoms with Crippen molar-refractivity contribution >= 4 is 23.5 Å². The van der Waals surface area contributed by atoms with E-state index in [2.05, 4.69) is 18.1 Å². The second-order valence-electron chi connectivity index (χ2n) is 5.38. The highest BCUT2D eigenvalue weighted by Crippen LogP contribution is 2.66. The molecular formula is C9H15N2O14P3. The van der Waals surface area contributed by atoms with Gasteiger partial charge in [0.1, 0.15) is 6.10 Å². The molecule has 2 rings (SSSR count). The van der Waals surface area contributed by atoms with Crippen molar-refractivity contribution in [3.05, 3.63) is 32.6 Å². The van der Waals surface area contributed by atoms with Gasteiger partial charge in [-0.2, -0.15) is 8.62 Å². The first-order valence-corrected chi connectivity index (χ1v) is 11.6. The average molecular weight is 468 g/mol. The van der Waals surface area contributed by atoms with E-state index < -0.39 is 59.6 Å². The molecule has 7 N–H and O–H groups in total. The number of phosphoric ester groups is 1. The molecule has 1 aliphatic heterocycles. The van der Waals surface area contributed by atoms with Crippen LogP contribution in [0.2, 0.25) is 0 Å². The Balaban J connectivity index is 1.99. The monoisotopic (exact) mass is 468 g/mol. The number of hydrogen-bond acceptors (Lipinski definition) is 10. The van der Waals surface area contributed by atoms with Crippen molar-refractivity contribution in [3.63, 3.8) is 0 Å². The molecule has 0 bridgehead atoms. The van der Waals surface area contributed by atoms with Crippen LogP contribution in [0.15, 0.2) is 15.8 Å². The molecule has 19 heteroatoms. The molecule has 1 aromatic rings. The summed E-state index contributed by atoms with van der Waals surface area (Å²) >= 11 is 0. The first kappa shape index (κ1) is 23.3. The van der Waals surface area contributed by atoms with Crippen molar-refractivity contribution in [3.8, 4) is 0 Å². The number of aromatic nitrogens is 2. The van der Waals surface area contributed by atoms with Gasteiger partial charge in [0.05, 0.1) is 24.4 Å². The summed E-state index contributed by atoms with van der Waals surface area (Å²) < 4.78 is 50.1. The molecule has 0 saturated carbocycles. The number of aliphatic hydroxyl groups excluding tert-OH is 1. The maximum absolute atomic E-state index is 11.7. The standard InChI is InChI=1S/C9H15N2O14P3/c12-5-1-6(4-2-10-9(14)11-8(4)13)23-7(5)3-22-27(18,19)25-28(20,21)24-26(15,16)17/h2,5-7,12H,1,3H2,(H,18,19)(H,20,21)(H2,15,16,17)(H2,10,11,13,14)/t5?,6-,7-/m1/s1. The topological polar surface area (TPSA) is 255 Å². The Bertz CT molecular complexity index is 965. The fraction of sp³-hybridized carbons (Fsp3) is 0.556. The molecule has 0 amide bonds. The Kier molecular flexibility index (Phi) is 6.99. The largest absolute Gasteiger partial charge is 0.490 e. The third kappa shape index (κ3) is 6.81. The summed E-state index contributed by atoms with van der Waals surface area (Å²) in [7, 11) is -16.6. The number of phosphoric acid groups is 3. The van der Waals surface area contributed by atoms with E-state index in [-0.39, 0.29) is 12.0 Å². The van der Waals surface area contributed by atoms with Crippen molar-refractivity contribution in [2.75, 3.05) is 6.61 Å². The van der Waals surface area contributed by atoms with Crippen LogP contribution in [0, 0.1) is 0 Å². The fourth-order valence-electron chi connectivity index (χ4n) is 2.21. The molecule has 0 spiro atoms. The minimum absolute atomic E-state index is 0.0421. The summed E-state index contributed by atoms with van der Waals surface area (Å²) in [4.78, 5) is 62.1. The smallest absolute Gasteiger partial charge is 0.390 e. The molecular weight excluding hydrogens is 453 g/mol. The van der Waals surface area contributed by atoms with Crippen LogP contribution in [0.4, 0.5) is 0 Å². The van der Waals surface area contributed by atoms with Gasteiger partial charge in [-0.1, -0.05) is 0 Å². The summed E-state index contributed by atoms with van der Waals surface area (Å²) in [6, 6.07) is 0. The van der Waals surface area contributed by atoms with Crippen LogP contribution < -0.4 is 11.2 Å². The van der Waals surface area contributed by atoms with Gasteiger partial charge < -0.3 is 34.4 Å². The summed E-state index contributed by atoms with van der Waals surface area (Å²) in [5.74, 6) is 0. The zero-order valence-corrected chi connectivity index (χ0v) is 16.2. The first-order chi connectivity index (χ1) is 12.7. The average Bonchev–Trinajstić information content (AvgIpc) is 2.82. The molecule has 0 aromatic carbocycles. The first-order valence-electron chi connectivity index (χ1n) is 7.11. The van der Waals surface area contributed by atoms with Gasteiger partial charge in [0.15, 0.2) is 0 Å². The summed E-state index contributed by atoms with van der Waals surface area (Å²) in [6.45, 7) is -0.872. The normalized spacial score (nSPS) is 27.2. The maximum atomic E-state index is 11.7. The van der Waals surface area contributed by atoms with E-state index in [0.717, 1.165) is 6.20 Å². The summed E-state index contributed by atoms with van der Waals surface area (Å²) in [5, 5.41) is 9.92. The highest BCUT2D eigenvalue weighted by atomic mass is 31.3. The van der Waals surface area contributed by atoms with Crippen molar-refractivity contribution in [2.45, 2.75) is 24.7 Å². The molecule has 1 aromatic heterocycles. The quantitative estimate of drug-likeness (QED) is 0.217. The van der Waals surface area contributed by atoms with Crippen LogP contribution in [0.1, 0.15) is 18.1 Å². The Morgan fingerprint density at radius 1 is 1.11 bits per heavy atom. The number of hydrogen-bond donors (Lipinski definition) is 7. The van der Waals surface area contributed by atoms with Gasteiger partial charge in [-0.25, -0.2) is 18.5 Å². The highest BCUT2D eigenvalue weighted by Gasteiger charge is 2.43. The Labute approximate surface area is 154 Å². The Morgan fingerprint density at radius 3 is 2.32 bits per heavy atom. The molecule has 3 unspecified atom stereocenters. The lowest BCUT2D eigenvalue weighted by atomic mass is 10.1. The second-order valence-corrected chi connectivity index (χ2v) is 9.80. The van der Waals surface area contributed by atoms with Crippen molar-refractivity contribution in [1.82, 2.24) is 9.97 Å². The molecule has 0 radical (unpaired) electrons. The van der Waals surface area contributed by atoms with Gasteiger partial charge in [-0.15, -0.1) is 0 Å². The number of aliphatic hydroxyl groups is 1. The molecule has 2 heterocycles. The molecule has 28 heavy (non-hydrogen) atoms. The molecule has 160 valence electrons. The van der Waals surface area contributed by atoms with Crippen molar-refractivity contribution in [2.24, 2.45) is 0 Å². The minimum Gasteiger partial charge on any atom is -0.390 e. The van der Waals surface area contributed by atoms with Gasteiger partial charge in [0.2, 0.25) is 0 Å². The Morgan fingerprint density at radius 2 is 1.75 bits per heavy atom. The third-order valence-corrected chi connectivity index (χ3v) is 7.04. The Hall–Kier alpha value is -0.990. The number of rotatable bonds is 8. The molecule has 1 saturated heterocycles. The van der Waals surface area contributed by atoms with E-state index in [9.17, 15) is 33.3 Å². The van der Waals surface area contributed by atoms with E-state index in [1.54, 1.807) is 0 Å². The van der Waals surface area contributed by atoms with Crippen molar-refractivity contribution in [1.29, 1.82) is 0 Å². The minimum atomic E-state index is -5.67. The fourth-order valence-corrected chi connectivity index (χ4v) is 5.24. The SMILES string of the molecule is O=c1[nH]cc([C@H]2CC(O)[C@@H](COP(=O)(O)OP(=O)(O)OP(=O)(O)O)O2)c(=O)[nH]1. The van der Waals surface area contributed by atoms with Crippen LogP contribution in [0.25, 0.3) is 0 Å². The van der Waals surface area contributed by atoms with Crippen LogP contribution >= 0.6 is 23.5 Å². The zero-order chi connectivity index (χ0) is 21.3. The van der Waals surface area contributed by atoms with E-state index in [0.29, 0.717) is 0 Å². The number of nitrogens with one attached hydrogen (secondary N) is 2. The molecule has 1 fully saturated rings. The van der Waals surface area contributed by atoms with E-state index in [1.807, 2.05) is 4.98 Å². The lowest BCUT2D eigenvalue weighted by Crippen LogP contribution is -2.27. The van der Waals surface area contributed by atoms with Gasteiger partial charge in [0, 0.05) is 12.6 Å². The summed E-state index contributed by atoms with van der Waals surface area (Å²) in [6.07, 6.45) is -2.70.